The third-order valence-electron chi connectivity index (χ3n) is 10.9. The van der Waals surface area contributed by atoms with E-state index >= 15 is 0 Å². The van der Waals surface area contributed by atoms with E-state index in [9.17, 15) is 0 Å². The van der Waals surface area contributed by atoms with Crippen molar-refractivity contribution in [1.29, 1.82) is 0 Å². The van der Waals surface area contributed by atoms with Crippen molar-refractivity contribution in [3.63, 3.8) is 0 Å². The van der Waals surface area contributed by atoms with Gasteiger partial charge in [0.05, 0.1) is 0 Å². The van der Waals surface area contributed by atoms with Crippen LogP contribution in [0.1, 0.15) is 0 Å². The Balaban J connectivity index is 1.36. The first kappa shape index (κ1) is 32.5. The molecule has 0 spiro atoms. The van der Waals surface area contributed by atoms with Crippen LogP contribution in [0.25, 0.3) is 98.8 Å². The lowest BCUT2D eigenvalue weighted by Crippen LogP contribution is -2.55. The van der Waals surface area contributed by atoms with Crippen molar-refractivity contribution in [3.05, 3.63) is 152 Å². The Labute approximate surface area is 320 Å². The number of hydrogen-bond donors (Lipinski definition) is 0. The molecule has 0 bridgehead atoms. The zero-order valence-electron chi connectivity index (χ0n) is 29.2. The molecule has 0 fully saturated rings. The fourth-order valence-electron chi connectivity index (χ4n) is 8.31. The molecule has 0 saturated carbocycles. The van der Waals surface area contributed by atoms with Crippen LogP contribution in [0.3, 0.4) is 0 Å². The molecule has 1 nitrogen and oxygen atoms in total. The van der Waals surface area contributed by atoms with Gasteiger partial charge in [-0.15, -0.1) is 16.4 Å². The summed E-state index contributed by atoms with van der Waals surface area (Å²) in [6, 6.07) is 53.0. The van der Waals surface area contributed by atoms with E-state index in [-0.39, 0.29) is 16.4 Å². The van der Waals surface area contributed by atoms with Crippen molar-refractivity contribution in [2.24, 2.45) is 0 Å². The minimum absolute atomic E-state index is 0.185. The minimum atomic E-state index is 0.185. The summed E-state index contributed by atoms with van der Waals surface area (Å²) < 4.78 is 6.52. The zero-order chi connectivity index (χ0) is 36.7. The van der Waals surface area contributed by atoms with Gasteiger partial charge in [0.1, 0.15) is 50.4 Å². The van der Waals surface area contributed by atoms with Crippen molar-refractivity contribution >= 4 is 121 Å². The number of furan rings is 1. The lowest BCUT2D eigenvalue weighted by molar-refractivity contribution is 0.670. The topological polar surface area (TPSA) is 13.1 Å². The van der Waals surface area contributed by atoms with Crippen LogP contribution >= 0.6 is 0 Å². The number of fused-ring (bicyclic) bond motifs is 6. The van der Waals surface area contributed by atoms with Gasteiger partial charge in [0.25, 0.3) is 0 Å². The maximum Gasteiger partial charge on any atom is 0.143 e. The summed E-state index contributed by atoms with van der Waals surface area (Å²) in [5, 5.41) is 8.44. The fraction of sp³-hybridized carbons (Fsp3) is 0. The second-order valence-electron chi connectivity index (χ2n) is 13.9. The van der Waals surface area contributed by atoms with Crippen LogP contribution in [0.15, 0.2) is 156 Å². The zero-order valence-corrected chi connectivity index (χ0v) is 29.2. The molecule has 0 aliphatic rings. The Hall–Kier alpha value is -6.12. The molecule has 6 heteroatoms. The number of benzene rings is 9. The number of para-hydroxylation sites is 1. The highest BCUT2D eigenvalue weighted by Gasteiger charge is 2.23. The molecule has 9 aromatic carbocycles. The highest BCUT2D eigenvalue weighted by Crippen LogP contribution is 2.46. The molecule has 0 saturated heterocycles. The van der Waals surface area contributed by atoms with Gasteiger partial charge in [-0.05, 0) is 95.5 Å². The van der Waals surface area contributed by atoms with E-state index in [4.69, 9.17) is 43.6 Å². The smallest absolute Gasteiger partial charge is 0.143 e. The highest BCUT2D eigenvalue weighted by molar-refractivity contribution is 6.69. The minimum Gasteiger partial charge on any atom is -0.455 e. The maximum atomic E-state index is 6.88. The predicted molar refractivity (Wildman–Crippen MR) is 235 cm³/mol. The Bertz CT molecular complexity index is 3130. The molecule has 0 N–H and O–H groups in total. The first-order valence-corrected chi connectivity index (χ1v) is 17.9. The molecule has 0 aliphatic carbocycles. The van der Waals surface area contributed by atoms with Crippen LogP contribution in [0.5, 0.6) is 0 Å². The van der Waals surface area contributed by atoms with Gasteiger partial charge in [0.15, 0.2) is 0 Å². The Kier molecular flexibility index (Phi) is 7.53. The Morgan fingerprint density at radius 2 is 0.889 bits per heavy atom. The van der Waals surface area contributed by atoms with Crippen LogP contribution in [-0.2, 0) is 0 Å². The first-order chi connectivity index (χ1) is 26.4. The molecule has 0 atom stereocenters. The molecule has 0 unspecified atom stereocenters. The molecular formula is C48H25B5O. The maximum absolute atomic E-state index is 6.88. The molecule has 0 aliphatic heterocycles. The van der Waals surface area contributed by atoms with E-state index in [2.05, 4.69) is 121 Å². The largest absolute Gasteiger partial charge is 0.455 e. The van der Waals surface area contributed by atoms with Crippen LogP contribution in [-0.4, -0.2) is 39.2 Å². The quantitative estimate of drug-likeness (QED) is 0.138. The second kappa shape index (κ2) is 12.5. The summed E-state index contributed by atoms with van der Waals surface area (Å²) in [4.78, 5) is 0. The van der Waals surface area contributed by atoms with Gasteiger partial charge in [0, 0.05) is 16.3 Å². The summed E-state index contributed by atoms with van der Waals surface area (Å²) in [7, 11) is 33.2. The van der Waals surface area contributed by atoms with E-state index in [0.717, 1.165) is 93.2 Å². The summed E-state index contributed by atoms with van der Waals surface area (Å²) in [5.74, 6) is 0. The average molecular weight is 672 g/mol. The van der Waals surface area contributed by atoms with E-state index in [1.807, 2.05) is 30.3 Å². The van der Waals surface area contributed by atoms with Crippen molar-refractivity contribution in [2.45, 2.75) is 0 Å². The van der Waals surface area contributed by atoms with E-state index in [0.29, 0.717) is 16.5 Å². The Morgan fingerprint density at radius 3 is 1.65 bits per heavy atom. The Morgan fingerprint density at radius 1 is 0.315 bits per heavy atom. The lowest BCUT2D eigenvalue weighted by Gasteiger charge is -2.25. The average Bonchev–Trinajstić information content (AvgIpc) is 3.60. The molecule has 238 valence electrons. The molecular weight excluding hydrogens is 647 g/mol. The summed E-state index contributed by atoms with van der Waals surface area (Å²) in [6.07, 6.45) is 0. The van der Waals surface area contributed by atoms with Crippen LogP contribution in [0.2, 0.25) is 0 Å². The third kappa shape index (κ3) is 4.86. The van der Waals surface area contributed by atoms with Crippen molar-refractivity contribution in [2.75, 3.05) is 0 Å². The van der Waals surface area contributed by atoms with E-state index in [1.54, 1.807) is 0 Å². The molecule has 0 amide bonds. The van der Waals surface area contributed by atoms with Crippen molar-refractivity contribution in [1.82, 2.24) is 0 Å². The first-order valence-electron chi connectivity index (χ1n) is 17.9. The monoisotopic (exact) mass is 672 g/mol. The van der Waals surface area contributed by atoms with Crippen molar-refractivity contribution in [3.8, 4) is 44.5 Å². The van der Waals surface area contributed by atoms with Gasteiger partial charge in [-0.25, -0.2) is 0 Å². The standard InChI is InChI=1S/C48H25B5O/c49-43-42(44(50)46(52)47(53)45(43)51)41-34-18-7-6-17-33(34)40(32-19-10-14-26-13-4-5-15-30(26)32)35-22-21-28(23-37(35)41)29-24-36(27-11-2-1-3-12-27)48-38(25-29)31-16-8-9-20-39(31)54-48/h1-25H. The van der Waals surface area contributed by atoms with E-state index < -0.39 is 0 Å². The van der Waals surface area contributed by atoms with Gasteiger partial charge in [-0.1, -0.05) is 138 Å². The van der Waals surface area contributed by atoms with Crippen LogP contribution in [0, 0.1) is 0 Å². The number of rotatable bonds is 4. The summed E-state index contributed by atoms with van der Waals surface area (Å²) >= 11 is 0. The molecule has 1 heterocycles. The molecule has 54 heavy (non-hydrogen) atoms. The normalized spacial score (nSPS) is 11.7. The molecule has 1 aromatic heterocycles. The third-order valence-corrected chi connectivity index (χ3v) is 10.9. The van der Waals surface area contributed by atoms with Gasteiger partial charge in [-0.2, -0.15) is 0 Å². The highest BCUT2D eigenvalue weighted by atomic mass is 16.3. The van der Waals surface area contributed by atoms with Gasteiger partial charge in [0.2, 0.25) is 0 Å². The van der Waals surface area contributed by atoms with Crippen LogP contribution in [0.4, 0.5) is 0 Å². The second-order valence-corrected chi connectivity index (χ2v) is 13.9. The molecule has 10 rings (SSSR count). The summed E-state index contributed by atoms with van der Waals surface area (Å²) in [6.45, 7) is 0. The summed E-state index contributed by atoms with van der Waals surface area (Å²) in [5.41, 5.74) is 10.7. The molecule has 10 radical (unpaired) electrons. The molecule has 10 aromatic rings. The number of hydrogen-bond acceptors (Lipinski definition) is 1. The van der Waals surface area contributed by atoms with Gasteiger partial charge < -0.3 is 4.42 Å². The van der Waals surface area contributed by atoms with E-state index in [1.165, 1.54) is 0 Å². The van der Waals surface area contributed by atoms with Gasteiger partial charge in [-0.3, -0.25) is 0 Å². The fourth-order valence-corrected chi connectivity index (χ4v) is 8.31. The predicted octanol–water partition coefficient (Wildman–Crippen LogP) is 7.68. The van der Waals surface area contributed by atoms with Crippen molar-refractivity contribution < 1.29 is 4.42 Å². The van der Waals surface area contributed by atoms with Crippen LogP contribution < -0.4 is 27.3 Å². The lowest BCUT2D eigenvalue weighted by atomic mass is 9.59. The SMILES string of the molecule is [B]c1c([B])c([B])c(-c2c3ccccc3c(-c3cccc4ccccc34)c3ccc(-c4cc(-c5ccccc5)c5oc6ccccc6c5c4)cc23)c([B])c1[B]. The van der Waals surface area contributed by atoms with Gasteiger partial charge >= 0.3 is 0 Å².